The Balaban J connectivity index is 2.24. The zero-order valence-electron chi connectivity index (χ0n) is 13.7. The molecule has 2 aliphatic heterocycles. The first-order chi connectivity index (χ1) is 9.38. The van der Waals surface area contributed by atoms with Gasteiger partial charge >= 0.3 is 0 Å². The summed E-state index contributed by atoms with van der Waals surface area (Å²) in [5.74, 6) is 1.83. The van der Waals surface area contributed by atoms with Crippen LogP contribution in [-0.4, -0.2) is 35.9 Å². The highest BCUT2D eigenvalue weighted by Crippen LogP contribution is 2.41. The molecule has 0 amide bonds. The van der Waals surface area contributed by atoms with Crippen LogP contribution in [0.3, 0.4) is 0 Å². The summed E-state index contributed by atoms with van der Waals surface area (Å²) >= 11 is 0. The van der Waals surface area contributed by atoms with Gasteiger partial charge in [0.2, 0.25) is 0 Å². The van der Waals surface area contributed by atoms with Gasteiger partial charge in [-0.2, -0.15) is 0 Å². The van der Waals surface area contributed by atoms with E-state index in [4.69, 9.17) is 4.74 Å². The first-order valence-corrected chi connectivity index (χ1v) is 8.07. The van der Waals surface area contributed by atoms with E-state index in [2.05, 4.69) is 39.5 Å². The quantitative estimate of drug-likeness (QED) is 0.793. The molecule has 3 nitrogen and oxygen atoms in total. The Morgan fingerprint density at radius 3 is 2.20 bits per heavy atom. The van der Waals surface area contributed by atoms with Crippen molar-refractivity contribution in [1.82, 2.24) is 4.90 Å². The summed E-state index contributed by atoms with van der Waals surface area (Å²) in [6, 6.07) is 0. The minimum atomic E-state index is -0.221. The number of ketones is 1. The molecule has 0 unspecified atom stereocenters. The summed E-state index contributed by atoms with van der Waals surface area (Å²) in [5.41, 5.74) is 0.712. The third-order valence-corrected chi connectivity index (χ3v) is 4.69. The van der Waals surface area contributed by atoms with Gasteiger partial charge in [0, 0.05) is 37.4 Å². The smallest absolute Gasteiger partial charge is 0.166 e. The summed E-state index contributed by atoms with van der Waals surface area (Å²) in [6.45, 7) is 13.8. The lowest BCUT2D eigenvalue weighted by Gasteiger charge is -2.45. The number of likely N-dealkylation sites (tertiary alicyclic amines) is 1. The summed E-state index contributed by atoms with van der Waals surface area (Å²) in [4.78, 5) is 15.1. The molecule has 20 heavy (non-hydrogen) atoms. The topological polar surface area (TPSA) is 29.5 Å². The molecular weight excluding hydrogens is 250 g/mol. The monoisotopic (exact) mass is 279 g/mol. The van der Waals surface area contributed by atoms with E-state index in [-0.39, 0.29) is 17.4 Å². The van der Waals surface area contributed by atoms with Crippen molar-refractivity contribution in [3.63, 3.8) is 0 Å². The molecule has 1 spiro atoms. The first kappa shape index (κ1) is 15.6. The van der Waals surface area contributed by atoms with Gasteiger partial charge in [-0.25, -0.2) is 0 Å². The van der Waals surface area contributed by atoms with Crippen molar-refractivity contribution in [2.75, 3.05) is 19.6 Å². The maximum atomic E-state index is 12.6. The van der Waals surface area contributed by atoms with Crippen LogP contribution in [0.2, 0.25) is 0 Å². The van der Waals surface area contributed by atoms with Gasteiger partial charge in [-0.1, -0.05) is 34.6 Å². The van der Waals surface area contributed by atoms with Crippen LogP contribution in [0.15, 0.2) is 11.3 Å². The highest BCUT2D eigenvalue weighted by atomic mass is 16.5. The van der Waals surface area contributed by atoms with Crippen LogP contribution >= 0.6 is 0 Å². The molecule has 0 saturated carbocycles. The van der Waals surface area contributed by atoms with E-state index in [1.54, 1.807) is 0 Å². The number of hydrogen-bond donors (Lipinski definition) is 0. The Bertz CT molecular complexity index is 401. The minimum Gasteiger partial charge on any atom is -0.490 e. The van der Waals surface area contributed by atoms with Gasteiger partial charge in [-0.3, -0.25) is 4.79 Å². The number of rotatable bonds is 3. The van der Waals surface area contributed by atoms with Gasteiger partial charge in [0.1, 0.15) is 11.4 Å². The Morgan fingerprint density at radius 1 is 1.15 bits per heavy atom. The fourth-order valence-corrected chi connectivity index (χ4v) is 3.44. The first-order valence-electron chi connectivity index (χ1n) is 8.07. The lowest BCUT2D eigenvalue weighted by molar-refractivity contribution is -0.131. The average Bonchev–Trinajstić information content (AvgIpc) is 2.38. The second kappa shape index (κ2) is 5.88. The van der Waals surface area contributed by atoms with Crippen molar-refractivity contribution in [3.8, 4) is 0 Å². The number of Topliss-reactive ketones (excluding diaryl/α,β-unsaturated/α-hetero) is 1. The molecule has 0 atom stereocenters. The predicted octanol–water partition coefficient (Wildman–Crippen LogP) is 3.40. The van der Waals surface area contributed by atoms with E-state index < -0.39 is 0 Å². The van der Waals surface area contributed by atoms with Crippen molar-refractivity contribution < 1.29 is 9.53 Å². The van der Waals surface area contributed by atoms with E-state index in [0.717, 1.165) is 43.8 Å². The molecule has 1 saturated heterocycles. The lowest BCUT2D eigenvalue weighted by Crippen LogP contribution is -2.49. The number of carbonyl (C=O) groups excluding carboxylic acids is 1. The van der Waals surface area contributed by atoms with Crippen molar-refractivity contribution in [3.05, 3.63) is 11.3 Å². The molecule has 114 valence electrons. The number of nitrogens with zero attached hydrogens (tertiary/aromatic N) is 1. The average molecular weight is 279 g/mol. The van der Waals surface area contributed by atoms with Crippen LogP contribution in [0.1, 0.15) is 53.9 Å². The fraction of sp³-hybridized carbons (Fsp3) is 0.824. The number of ether oxygens (including phenoxy) is 1. The maximum absolute atomic E-state index is 12.6. The zero-order chi connectivity index (χ0) is 14.9. The van der Waals surface area contributed by atoms with Crippen LogP contribution in [-0.2, 0) is 9.53 Å². The molecule has 2 rings (SSSR count). The van der Waals surface area contributed by atoms with Gasteiger partial charge < -0.3 is 9.64 Å². The Morgan fingerprint density at radius 2 is 1.75 bits per heavy atom. The summed E-state index contributed by atoms with van der Waals surface area (Å²) in [7, 11) is 0. The fourth-order valence-electron chi connectivity index (χ4n) is 3.44. The van der Waals surface area contributed by atoms with Crippen LogP contribution in [0.4, 0.5) is 0 Å². The largest absolute Gasteiger partial charge is 0.490 e. The van der Waals surface area contributed by atoms with E-state index >= 15 is 0 Å². The Labute approximate surface area is 123 Å². The van der Waals surface area contributed by atoms with E-state index in [1.807, 2.05) is 0 Å². The standard InChI is InChI=1S/C17H29NO2/c1-6-18-9-7-17(8-10-18)11-14(19)15(12(2)3)16(20-17)13(4)5/h12-13H,6-11H2,1-5H3. The molecule has 0 aromatic rings. The number of allylic oxidation sites excluding steroid dienone is 2. The Hall–Kier alpha value is -0.830. The number of hydrogen-bond acceptors (Lipinski definition) is 3. The number of piperidine rings is 1. The summed E-state index contributed by atoms with van der Waals surface area (Å²) in [6.07, 6.45) is 2.54. The van der Waals surface area contributed by atoms with Crippen LogP contribution < -0.4 is 0 Å². The van der Waals surface area contributed by atoms with Gasteiger partial charge in [0.15, 0.2) is 5.78 Å². The van der Waals surface area contributed by atoms with Crippen molar-refractivity contribution >= 4 is 5.78 Å². The zero-order valence-corrected chi connectivity index (χ0v) is 13.7. The maximum Gasteiger partial charge on any atom is 0.166 e. The van der Waals surface area contributed by atoms with E-state index in [9.17, 15) is 4.79 Å². The molecule has 0 aromatic heterocycles. The molecule has 1 fully saturated rings. The van der Waals surface area contributed by atoms with Crippen LogP contribution in [0.5, 0.6) is 0 Å². The van der Waals surface area contributed by atoms with Crippen molar-refractivity contribution in [2.45, 2.75) is 59.5 Å². The van der Waals surface area contributed by atoms with E-state index in [0.29, 0.717) is 12.2 Å². The molecular formula is C17H29NO2. The lowest BCUT2D eigenvalue weighted by atomic mass is 9.79. The van der Waals surface area contributed by atoms with Crippen LogP contribution in [0.25, 0.3) is 0 Å². The normalized spacial score (nSPS) is 23.9. The predicted molar refractivity (Wildman–Crippen MR) is 81.5 cm³/mol. The van der Waals surface area contributed by atoms with Gasteiger partial charge in [-0.15, -0.1) is 0 Å². The molecule has 0 bridgehead atoms. The third-order valence-electron chi connectivity index (χ3n) is 4.69. The van der Waals surface area contributed by atoms with E-state index in [1.165, 1.54) is 0 Å². The van der Waals surface area contributed by atoms with Gasteiger partial charge in [-0.05, 0) is 12.5 Å². The molecule has 3 heteroatoms. The van der Waals surface area contributed by atoms with Gasteiger partial charge in [0.25, 0.3) is 0 Å². The highest BCUT2D eigenvalue weighted by molar-refractivity contribution is 5.97. The molecule has 0 aliphatic carbocycles. The summed E-state index contributed by atoms with van der Waals surface area (Å²) < 4.78 is 6.45. The molecule has 0 radical (unpaired) electrons. The third kappa shape index (κ3) is 2.93. The van der Waals surface area contributed by atoms with Crippen molar-refractivity contribution in [2.24, 2.45) is 11.8 Å². The Kier molecular flexibility index (Phi) is 4.58. The minimum absolute atomic E-state index is 0.221. The molecule has 2 aliphatic rings. The molecule has 2 heterocycles. The second-order valence-electron chi connectivity index (χ2n) is 6.91. The second-order valence-corrected chi connectivity index (χ2v) is 6.91. The number of carbonyl (C=O) groups is 1. The van der Waals surface area contributed by atoms with Crippen molar-refractivity contribution in [1.29, 1.82) is 0 Å². The van der Waals surface area contributed by atoms with Crippen LogP contribution in [0, 0.1) is 11.8 Å². The highest BCUT2D eigenvalue weighted by Gasteiger charge is 2.44. The SMILES string of the molecule is CCN1CCC2(CC1)CC(=O)C(C(C)C)=C(C(C)C)O2. The molecule has 0 aromatic carbocycles. The summed E-state index contributed by atoms with van der Waals surface area (Å²) in [5, 5.41) is 0. The molecule has 0 N–H and O–H groups in total. The van der Waals surface area contributed by atoms with Gasteiger partial charge in [0.05, 0.1) is 6.42 Å².